The van der Waals surface area contributed by atoms with Gasteiger partial charge in [0.05, 0.1) is 19.3 Å². The first kappa shape index (κ1) is 10.9. The molecule has 1 fully saturated rings. The lowest BCUT2D eigenvalue weighted by Gasteiger charge is -2.29. The molecule has 0 radical (unpaired) electrons. The molecule has 84 valence electrons. The van der Waals surface area contributed by atoms with E-state index in [2.05, 4.69) is 6.58 Å². The maximum Gasteiger partial charge on any atom is 0.180 e. The van der Waals surface area contributed by atoms with Gasteiger partial charge in [-0.3, -0.25) is 0 Å². The molecule has 3 nitrogen and oxygen atoms in total. The van der Waals surface area contributed by atoms with Crippen LogP contribution in [0.2, 0.25) is 0 Å². The summed E-state index contributed by atoms with van der Waals surface area (Å²) in [5, 5.41) is 9.55. The van der Waals surface area contributed by atoms with Crippen molar-refractivity contribution < 1.29 is 14.6 Å². The molecule has 1 saturated heterocycles. The standard InChI is InChI=1S/C12H18O3/c1-2-3-5-14-12-11-8-10(13)7-9(11)4-6-15-12/h2,8-10,12-13H,1,3-7H2/t9-,10+,12+/m1/s1. The zero-order chi connectivity index (χ0) is 10.7. The fourth-order valence-corrected chi connectivity index (χ4v) is 2.23. The average molecular weight is 210 g/mol. The minimum atomic E-state index is -0.308. The quantitative estimate of drug-likeness (QED) is 0.566. The van der Waals surface area contributed by atoms with E-state index in [1.54, 1.807) is 0 Å². The monoisotopic (exact) mass is 210 g/mol. The molecule has 2 aliphatic rings. The predicted molar refractivity (Wildman–Crippen MR) is 57.3 cm³/mol. The Balaban J connectivity index is 1.92. The van der Waals surface area contributed by atoms with Crippen LogP contribution < -0.4 is 0 Å². The van der Waals surface area contributed by atoms with Gasteiger partial charge in [-0.15, -0.1) is 6.58 Å². The van der Waals surface area contributed by atoms with Gasteiger partial charge in [-0.2, -0.15) is 0 Å². The molecule has 1 aliphatic heterocycles. The highest BCUT2D eigenvalue weighted by Crippen LogP contribution is 2.36. The number of ether oxygens (including phenoxy) is 2. The van der Waals surface area contributed by atoms with Gasteiger partial charge in [-0.25, -0.2) is 0 Å². The predicted octanol–water partition coefficient (Wildman–Crippen LogP) is 1.63. The fraction of sp³-hybridized carbons (Fsp3) is 0.667. The highest BCUT2D eigenvalue weighted by molar-refractivity contribution is 5.20. The SMILES string of the molecule is C=CCCO[C@H]1OCC[C@@H]2C[C@H](O)C=C21. The van der Waals surface area contributed by atoms with Crippen LogP contribution in [0.15, 0.2) is 24.3 Å². The van der Waals surface area contributed by atoms with Gasteiger partial charge in [0, 0.05) is 0 Å². The van der Waals surface area contributed by atoms with Crippen LogP contribution in [-0.2, 0) is 9.47 Å². The Morgan fingerprint density at radius 2 is 2.53 bits per heavy atom. The van der Waals surface area contributed by atoms with Crippen LogP contribution in [0.5, 0.6) is 0 Å². The van der Waals surface area contributed by atoms with Crippen LogP contribution in [0.1, 0.15) is 19.3 Å². The van der Waals surface area contributed by atoms with Crippen LogP contribution in [0, 0.1) is 5.92 Å². The number of hydrogen-bond donors (Lipinski definition) is 1. The first-order valence-electron chi connectivity index (χ1n) is 5.55. The molecule has 0 saturated carbocycles. The minimum Gasteiger partial charge on any atom is -0.389 e. The number of aliphatic hydroxyl groups is 1. The summed E-state index contributed by atoms with van der Waals surface area (Å²) in [6.07, 6.45) is 5.85. The van der Waals surface area contributed by atoms with Crippen molar-refractivity contribution in [2.24, 2.45) is 5.92 Å². The Morgan fingerprint density at radius 1 is 1.67 bits per heavy atom. The van der Waals surface area contributed by atoms with Crippen molar-refractivity contribution >= 4 is 0 Å². The van der Waals surface area contributed by atoms with E-state index >= 15 is 0 Å². The van der Waals surface area contributed by atoms with Crippen LogP contribution >= 0.6 is 0 Å². The molecule has 15 heavy (non-hydrogen) atoms. The normalized spacial score (nSPS) is 34.7. The minimum absolute atomic E-state index is 0.235. The molecule has 1 heterocycles. The van der Waals surface area contributed by atoms with Gasteiger partial charge in [-0.1, -0.05) is 12.2 Å². The van der Waals surface area contributed by atoms with E-state index in [1.165, 1.54) is 0 Å². The summed E-state index contributed by atoms with van der Waals surface area (Å²) in [5.41, 5.74) is 1.14. The molecule has 1 aliphatic carbocycles. The Kier molecular flexibility index (Phi) is 3.57. The fourth-order valence-electron chi connectivity index (χ4n) is 2.23. The molecule has 0 aromatic carbocycles. The van der Waals surface area contributed by atoms with E-state index in [1.807, 2.05) is 12.2 Å². The molecule has 0 aromatic heterocycles. The summed E-state index contributed by atoms with van der Waals surface area (Å²) in [7, 11) is 0. The van der Waals surface area contributed by atoms with Gasteiger partial charge >= 0.3 is 0 Å². The summed E-state index contributed by atoms with van der Waals surface area (Å²) in [6.45, 7) is 5.01. The molecule has 0 spiro atoms. The van der Waals surface area contributed by atoms with Crippen molar-refractivity contribution in [2.75, 3.05) is 13.2 Å². The summed E-state index contributed by atoms with van der Waals surface area (Å²) < 4.78 is 11.2. The van der Waals surface area contributed by atoms with Crippen molar-refractivity contribution in [3.8, 4) is 0 Å². The summed E-state index contributed by atoms with van der Waals surface area (Å²) >= 11 is 0. The Labute approximate surface area is 90.4 Å². The molecule has 0 unspecified atom stereocenters. The molecule has 0 bridgehead atoms. The van der Waals surface area contributed by atoms with Gasteiger partial charge in [-0.05, 0) is 30.8 Å². The van der Waals surface area contributed by atoms with Crippen LogP contribution in [0.3, 0.4) is 0 Å². The molecule has 1 N–H and O–H groups in total. The second kappa shape index (κ2) is 4.92. The van der Waals surface area contributed by atoms with E-state index < -0.39 is 0 Å². The van der Waals surface area contributed by atoms with Gasteiger partial charge in [0.15, 0.2) is 6.29 Å². The van der Waals surface area contributed by atoms with Crippen molar-refractivity contribution in [1.29, 1.82) is 0 Å². The number of fused-ring (bicyclic) bond motifs is 1. The van der Waals surface area contributed by atoms with E-state index in [9.17, 15) is 5.11 Å². The second-order valence-corrected chi connectivity index (χ2v) is 4.11. The van der Waals surface area contributed by atoms with Crippen molar-refractivity contribution in [1.82, 2.24) is 0 Å². The van der Waals surface area contributed by atoms with E-state index in [0.29, 0.717) is 12.5 Å². The van der Waals surface area contributed by atoms with Crippen LogP contribution in [0.25, 0.3) is 0 Å². The lowest BCUT2D eigenvalue weighted by Crippen LogP contribution is -2.29. The molecular weight excluding hydrogens is 192 g/mol. The maximum absolute atomic E-state index is 9.55. The van der Waals surface area contributed by atoms with E-state index in [0.717, 1.165) is 31.4 Å². The average Bonchev–Trinajstić information content (AvgIpc) is 2.59. The van der Waals surface area contributed by atoms with E-state index in [-0.39, 0.29) is 12.4 Å². The third-order valence-corrected chi connectivity index (χ3v) is 2.98. The molecule has 0 aromatic rings. The lowest BCUT2D eigenvalue weighted by molar-refractivity contribution is -0.138. The summed E-state index contributed by atoms with van der Waals surface area (Å²) in [5.74, 6) is 0.461. The highest BCUT2D eigenvalue weighted by Gasteiger charge is 2.34. The van der Waals surface area contributed by atoms with Crippen molar-refractivity contribution in [3.05, 3.63) is 24.3 Å². The molecule has 0 amide bonds. The Hall–Kier alpha value is -0.640. The largest absolute Gasteiger partial charge is 0.389 e. The zero-order valence-corrected chi connectivity index (χ0v) is 8.89. The van der Waals surface area contributed by atoms with Gasteiger partial charge in [0.1, 0.15) is 0 Å². The smallest absolute Gasteiger partial charge is 0.180 e. The van der Waals surface area contributed by atoms with Gasteiger partial charge in [0.25, 0.3) is 0 Å². The van der Waals surface area contributed by atoms with Gasteiger partial charge < -0.3 is 14.6 Å². The number of aliphatic hydroxyl groups excluding tert-OH is 1. The third kappa shape index (κ3) is 2.48. The Morgan fingerprint density at radius 3 is 3.33 bits per heavy atom. The molecular formula is C12H18O3. The number of hydrogen-bond acceptors (Lipinski definition) is 3. The highest BCUT2D eigenvalue weighted by atomic mass is 16.7. The first-order valence-corrected chi connectivity index (χ1v) is 5.55. The van der Waals surface area contributed by atoms with Crippen LogP contribution in [-0.4, -0.2) is 30.7 Å². The summed E-state index contributed by atoms with van der Waals surface area (Å²) in [4.78, 5) is 0. The topological polar surface area (TPSA) is 38.7 Å². The number of rotatable bonds is 4. The molecule has 3 heteroatoms. The molecule has 3 atom stereocenters. The third-order valence-electron chi connectivity index (χ3n) is 2.98. The zero-order valence-electron chi connectivity index (χ0n) is 8.89. The molecule has 2 rings (SSSR count). The maximum atomic E-state index is 9.55. The lowest BCUT2D eigenvalue weighted by atomic mass is 9.95. The van der Waals surface area contributed by atoms with E-state index in [4.69, 9.17) is 9.47 Å². The summed E-state index contributed by atoms with van der Waals surface area (Å²) in [6, 6.07) is 0. The van der Waals surface area contributed by atoms with Gasteiger partial charge in [0.2, 0.25) is 0 Å². The van der Waals surface area contributed by atoms with Crippen molar-refractivity contribution in [2.45, 2.75) is 31.7 Å². The van der Waals surface area contributed by atoms with Crippen molar-refractivity contribution in [3.63, 3.8) is 0 Å². The first-order chi connectivity index (χ1) is 7.31. The second-order valence-electron chi connectivity index (χ2n) is 4.11. The van der Waals surface area contributed by atoms with Crippen LogP contribution in [0.4, 0.5) is 0 Å². The Bertz CT molecular complexity index is 260.